The van der Waals surface area contributed by atoms with Gasteiger partial charge in [0.15, 0.2) is 5.60 Å². The molecule has 0 bridgehead atoms. The molecule has 0 aliphatic carbocycles. The number of aliphatic hydroxyl groups is 1. The minimum Gasteiger partial charge on any atom is -0.479 e. The van der Waals surface area contributed by atoms with Gasteiger partial charge in [0.2, 0.25) is 0 Å². The number of ether oxygens (including phenoxy) is 3. The molecule has 0 radical (unpaired) electrons. The molecule has 1 aliphatic rings. The summed E-state index contributed by atoms with van der Waals surface area (Å²) in [6, 6.07) is 9.39. The summed E-state index contributed by atoms with van der Waals surface area (Å²) in [5.74, 6) is 0.916. The number of nitriles is 1. The van der Waals surface area contributed by atoms with Crippen molar-refractivity contribution in [3.8, 4) is 11.8 Å². The predicted octanol–water partition coefficient (Wildman–Crippen LogP) is 1.07. The molecule has 2 heterocycles. The van der Waals surface area contributed by atoms with Gasteiger partial charge in [-0.2, -0.15) is 10.4 Å². The van der Waals surface area contributed by atoms with Crippen LogP contribution in [-0.4, -0.2) is 54.0 Å². The number of aryl methyl sites for hydroxylation is 1. The van der Waals surface area contributed by atoms with Gasteiger partial charge in [0.25, 0.3) is 5.56 Å². The lowest BCUT2D eigenvalue weighted by Gasteiger charge is -2.45. The van der Waals surface area contributed by atoms with Crippen molar-refractivity contribution in [3.63, 3.8) is 0 Å². The molecule has 0 fully saturated rings. The molecule has 0 spiro atoms. The maximum absolute atomic E-state index is 11.8. The molecule has 0 amide bonds. The summed E-state index contributed by atoms with van der Waals surface area (Å²) in [7, 11) is 3.03. The van der Waals surface area contributed by atoms with E-state index in [9.17, 15) is 15.2 Å². The maximum Gasteiger partial charge on any atom is 0.266 e. The van der Waals surface area contributed by atoms with Crippen molar-refractivity contribution in [3.05, 3.63) is 51.8 Å². The van der Waals surface area contributed by atoms with Crippen molar-refractivity contribution >= 4 is 5.82 Å². The zero-order valence-electron chi connectivity index (χ0n) is 16.6. The number of fused-ring (bicyclic) bond motifs is 1. The van der Waals surface area contributed by atoms with Gasteiger partial charge in [-0.3, -0.25) is 4.79 Å². The molecular weight excluding hydrogens is 376 g/mol. The fourth-order valence-corrected chi connectivity index (χ4v) is 3.54. The van der Waals surface area contributed by atoms with Crippen molar-refractivity contribution in [2.75, 3.05) is 32.8 Å². The highest BCUT2D eigenvalue weighted by molar-refractivity contribution is 5.50. The molecule has 2 aromatic rings. The van der Waals surface area contributed by atoms with E-state index in [1.165, 1.54) is 25.0 Å². The number of aliphatic hydroxyl groups excluding tert-OH is 1. The van der Waals surface area contributed by atoms with Crippen LogP contribution in [0.3, 0.4) is 0 Å². The normalized spacial score (nSPS) is 19.7. The first kappa shape index (κ1) is 20.8. The third-order valence-corrected chi connectivity index (χ3v) is 4.89. The molecule has 0 saturated carbocycles. The van der Waals surface area contributed by atoms with Gasteiger partial charge in [0, 0.05) is 32.4 Å². The van der Waals surface area contributed by atoms with Gasteiger partial charge in [0.05, 0.1) is 30.9 Å². The van der Waals surface area contributed by atoms with Crippen LogP contribution in [0.1, 0.15) is 24.1 Å². The minimum atomic E-state index is -1.17. The molecule has 1 aromatic carbocycles. The van der Waals surface area contributed by atoms with Gasteiger partial charge >= 0.3 is 0 Å². The van der Waals surface area contributed by atoms with E-state index in [0.717, 1.165) is 0 Å². The Balaban J connectivity index is 2.09. The third kappa shape index (κ3) is 3.96. The first-order valence-corrected chi connectivity index (χ1v) is 9.21. The molecule has 9 nitrogen and oxygen atoms in total. The van der Waals surface area contributed by atoms with Gasteiger partial charge in [-0.25, -0.2) is 4.68 Å². The summed E-state index contributed by atoms with van der Waals surface area (Å²) in [6.07, 6.45) is -1.09. The van der Waals surface area contributed by atoms with E-state index in [1.807, 2.05) is 6.92 Å². The van der Waals surface area contributed by atoms with Gasteiger partial charge in [-0.05, 0) is 31.2 Å². The fourth-order valence-electron chi connectivity index (χ4n) is 3.54. The van der Waals surface area contributed by atoms with E-state index in [4.69, 9.17) is 14.2 Å². The van der Waals surface area contributed by atoms with E-state index < -0.39 is 17.7 Å². The number of nitrogens with zero attached hydrogens (tertiary/aromatic N) is 3. The molecular formula is C20H24N4O5. The van der Waals surface area contributed by atoms with Crippen LogP contribution in [0.2, 0.25) is 0 Å². The van der Waals surface area contributed by atoms with Crippen LogP contribution in [-0.2, 0) is 16.0 Å². The summed E-state index contributed by atoms with van der Waals surface area (Å²) in [4.78, 5) is 11.8. The van der Waals surface area contributed by atoms with Crippen LogP contribution in [0.5, 0.6) is 5.75 Å². The largest absolute Gasteiger partial charge is 0.479 e. The first-order chi connectivity index (χ1) is 14.0. The molecule has 0 unspecified atom stereocenters. The summed E-state index contributed by atoms with van der Waals surface area (Å²) < 4.78 is 18.1. The third-order valence-electron chi connectivity index (χ3n) is 4.89. The smallest absolute Gasteiger partial charge is 0.266 e. The quantitative estimate of drug-likeness (QED) is 0.709. The lowest BCUT2D eigenvalue weighted by atomic mass is 9.84. The average molecular weight is 400 g/mol. The van der Waals surface area contributed by atoms with E-state index in [0.29, 0.717) is 29.2 Å². The Kier molecular flexibility index (Phi) is 6.17. The number of aromatic nitrogens is 2. The van der Waals surface area contributed by atoms with Gasteiger partial charge in [0.1, 0.15) is 17.7 Å². The number of hydrogen-bond donors (Lipinski definition) is 2. The van der Waals surface area contributed by atoms with Crippen LogP contribution < -0.4 is 15.6 Å². The number of rotatable bonds is 7. The van der Waals surface area contributed by atoms with Crippen molar-refractivity contribution in [1.29, 1.82) is 5.26 Å². The Bertz CT molecular complexity index is 962. The Morgan fingerprint density at radius 2 is 2.03 bits per heavy atom. The van der Waals surface area contributed by atoms with Gasteiger partial charge in [-0.15, -0.1) is 0 Å². The maximum atomic E-state index is 11.8. The zero-order chi connectivity index (χ0) is 21.0. The Labute approximate surface area is 168 Å². The van der Waals surface area contributed by atoms with Crippen molar-refractivity contribution in [2.45, 2.75) is 31.2 Å². The highest BCUT2D eigenvalue weighted by atomic mass is 16.6. The highest BCUT2D eigenvalue weighted by Crippen LogP contribution is 2.42. The van der Waals surface area contributed by atoms with E-state index >= 15 is 0 Å². The fraction of sp³-hybridized carbons (Fsp3) is 0.450. The number of anilines is 1. The topological polar surface area (TPSA) is 119 Å². The molecule has 154 valence electrons. The molecule has 9 heteroatoms. The lowest BCUT2D eigenvalue weighted by molar-refractivity contribution is -0.142. The Morgan fingerprint density at radius 1 is 1.31 bits per heavy atom. The van der Waals surface area contributed by atoms with Crippen molar-refractivity contribution < 1.29 is 19.3 Å². The standard InChI is InChI=1S/C20H24N4O5/c1-4-24-17(25)8-7-16(23-24)22-18-14-9-13(10-21)5-6-15(14)29-20(11-27-2,12-28-3)19(18)26/h5-9,18-19,26H,4,11-12H2,1-3H3,(H,22,23)/t18-,19+/m1/s1. The van der Waals surface area contributed by atoms with Crippen LogP contribution >= 0.6 is 0 Å². The Morgan fingerprint density at radius 3 is 2.66 bits per heavy atom. The first-order valence-electron chi connectivity index (χ1n) is 9.21. The zero-order valence-corrected chi connectivity index (χ0v) is 16.6. The number of hydrogen-bond acceptors (Lipinski definition) is 8. The Hall–Kier alpha value is -2.93. The van der Waals surface area contributed by atoms with E-state index in [-0.39, 0.29) is 18.8 Å². The summed E-state index contributed by atoms with van der Waals surface area (Å²) in [5.41, 5.74) is -0.341. The lowest BCUT2D eigenvalue weighted by Crippen LogP contribution is -2.60. The van der Waals surface area contributed by atoms with E-state index in [1.54, 1.807) is 24.3 Å². The summed E-state index contributed by atoms with van der Waals surface area (Å²) in [6.45, 7) is 2.40. The highest BCUT2D eigenvalue weighted by Gasteiger charge is 2.50. The minimum absolute atomic E-state index is 0.0848. The predicted molar refractivity (Wildman–Crippen MR) is 105 cm³/mol. The molecule has 29 heavy (non-hydrogen) atoms. The van der Waals surface area contributed by atoms with E-state index in [2.05, 4.69) is 16.5 Å². The molecule has 3 rings (SSSR count). The molecule has 1 aliphatic heterocycles. The molecule has 1 aromatic heterocycles. The number of benzene rings is 1. The second kappa shape index (κ2) is 8.61. The number of nitrogens with one attached hydrogen (secondary N) is 1. The second-order valence-corrected chi connectivity index (χ2v) is 6.84. The van der Waals surface area contributed by atoms with Crippen LogP contribution in [0, 0.1) is 11.3 Å². The van der Waals surface area contributed by atoms with Crippen LogP contribution in [0.15, 0.2) is 35.1 Å². The van der Waals surface area contributed by atoms with Crippen LogP contribution in [0.4, 0.5) is 5.82 Å². The average Bonchev–Trinajstić information content (AvgIpc) is 2.72. The van der Waals surface area contributed by atoms with Crippen molar-refractivity contribution in [2.24, 2.45) is 0 Å². The molecule has 2 N–H and O–H groups in total. The summed E-state index contributed by atoms with van der Waals surface area (Å²) in [5, 5.41) is 28.0. The number of methoxy groups -OCH3 is 2. The van der Waals surface area contributed by atoms with Crippen LogP contribution in [0.25, 0.3) is 0 Å². The van der Waals surface area contributed by atoms with Gasteiger partial charge in [-0.1, -0.05) is 0 Å². The summed E-state index contributed by atoms with van der Waals surface area (Å²) >= 11 is 0. The van der Waals surface area contributed by atoms with Crippen molar-refractivity contribution in [1.82, 2.24) is 9.78 Å². The molecule has 2 atom stereocenters. The SMILES string of the molecule is CCn1nc(N[C@@H]2c3cc(C#N)ccc3OC(COC)(COC)[C@H]2O)ccc1=O. The van der Waals surface area contributed by atoms with Gasteiger partial charge < -0.3 is 24.6 Å². The second-order valence-electron chi connectivity index (χ2n) is 6.84. The molecule has 0 saturated heterocycles. The monoisotopic (exact) mass is 400 g/mol.